The minimum Gasteiger partial charge on any atom is -0.331 e. The number of unbranched alkanes of at least 4 members (excludes halogenated alkanes) is 5. The maximum atomic E-state index is 5.55. The van der Waals surface area contributed by atoms with Crippen LogP contribution in [0.2, 0.25) is 0 Å². The Hall–Kier alpha value is -0.200. The summed E-state index contributed by atoms with van der Waals surface area (Å²) in [6.45, 7) is 4.64. The highest BCUT2D eigenvalue weighted by atomic mass is 16.9. The molecule has 0 bridgehead atoms. The first-order valence-corrected chi connectivity index (χ1v) is 8.76. The molecule has 1 unspecified atom stereocenters. The van der Waals surface area contributed by atoms with Gasteiger partial charge in [-0.05, 0) is 19.4 Å². The molecular weight excluding hydrogens is 280 g/mol. The molecule has 0 aliphatic carbocycles. The van der Waals surface area contributed by atoms with Crippen molar-refractivity contribution in [2.75, 3.05) is 41.0 Å². The van der Waals surface area contributed by atoms with Crippen LogP contribution in [0.15, 0.2) is 0 Å². The number of nitrogens with two attached hydrogens (primary N) is 1. The first kappa shape index (κ1) is 21.8. The summed E-state index contributed by atoms with van der Waals surface area (Å²) >= 11 is 0. The molecule has 0 radical (unpaired) electrons. The van der Waals surface area contributed by atoms with Gasteiger partial charge in [0.1, 0.15) is 0 Å². The summed E-state index contributed by atoms with van der Waals surface area (Å²) < 4.78 is 16.7. The van der Waals surface area contributed by atoms with Crippen LogP contribution in [-0.4, -0.2) is 46.9 Å². The van der Waals surface area contributed by atoms with Gasteiger partial charge < -0.3 is 25.3 Å². The Morgan fingerprint density at radius 3 is 2.00 bits per heavy atom. The lowest BCUT2D eigenvalue weighted by Crippen LogP contribution is -2.45. The fraction of sp³-hybridized carbons (Fsp3) is 1.00. The van der Waals surface area contributed by atoms with Gasteiger partial charge in [0.15, 0.2) is 0 Å². The second kappa shape index (κ2) is 14.4. The zero-order chi connectivity index (χ0) is 16.7. The maximum absolute atomic E-state index is 5.55. The molecule has 0 aromatic rings. The smallest absolute Gasteiger partial charge is 0.285 e. The molecule has 0 heterocycles. The largest absolute Gasteiger partial charge is 0.331 e. The van der Waals surface area contributed by atoms with Crippen molar-refractivity contribution in [2.45, 2.75) is 64.3 Å². The van der Waals surface area contributed by atoms with E-state index in [0.29, 0.717) is 6.54 Å². The Labute approximate surface area is 137 Å². The summed E-state index contributed by atoms with van der Waals surface area (Å²) in [4.78, 5) is 0. The molecule has 134 valence electrons. The molecule has 0 aromatic heterocycles. The predicted molar refractivity (Wildman–Crippen MR) is 91.8 cm³/mol. The third-order valence-electron chi connectivity index (χ3n) is 4.25. The summed E-state index contributed by atoms with van der Waals surface area (Å²) in [5, 5.41) is 3.34. The van der Waals surface area contributed by atoms with Crippen LogP contribution in [0.3, 0.4) is 0 Å². The van der Waals surface area contributed by atoms with Gasteiger partial charge in [-0.2, -0.15) is 0 Å². The maximum Gasteiger partial charge on any atom is 0.285 e. The topological polar surface area (TPSA) is 65.7 Å². The summed E-state index contributed by atoms with van der Waals surface area (Å²) in [7, 11) is 4.94. The van der Waals surface area contributed by atoms with Crippen LogP contribution in [0.25, 0.3) is 0 Å². The van der Waals surface area contributed by atoms with E-state index in [1.807, 2.05) is 0 Å². The zero-order valence-corrected chi connectivity index (χ0v) is 15.2. The molecule has 5 nitrogen and oxygen atoms in total. The Balaban J connectivity index is 4.32. The third kappa shape index (κ3) is 8.44. The number of hydrogen-bond donors (Lipinski definition) is 2. The standard InChI is InChI=1S/C17H38N2O3/c1-5-6-7-8-9-10-11-16(12-14-19-15-13-18)17(20-2,21-3)22-4/h16,19H,5-15,18H2,1-4H3. The third-order valence-corrected chi connectivity index (χ3v) is 4.25. The Morgan fingerprint density at radius 2 is 1.45 bits per heavy atom. The van der Waals surface area contributed by atoms with Crippen molar-refractivity contribution in [3.05, 3.63) is 0 Å². The molecule has 0 spiro atoms. The van der Waals surface area contributed by atoms with E-state index in [0.717, 1.165) is 25.9 Å². The molecule has 0 saturated heterocycles. The number of nitrogens with one attached hydrogen (secondary N) is 1. The lowest BCUT2D eigenvalue weighted by molar-refractivity contribution is -0.380. The molecular formula is C17H38N2O3. The summed E-state index contributed by atoms with van der Waals surface area (Å²) in [5.74, 6) is -0.725. The van der Waals surface area contributed by atoms with E-state index in [9.17, 15) is 0 Å². The predicted octanol–water partition coefficient (Wildman–Crippen LogP) is 2.88. The van der Waals surface area contributed by atoms with Crippen LogP contribution in [0.1, 0.15) is 58.3 Å². The van der Waals surface area contributed by atoms with Gasteiger partial charge in [0.05, 0.1) is 0 Å². The minimum absolute atomic E-state index is 0.212. The highest BCUT2D eigenvalue weighted by Gasteiger charge is 2.39. The molecule has 0 rings (SSSR count). The highest BCUT2D eigenvalue weighted by molar-refractivity contribution is 4.72. The fourth-order valence-corrected chi connectivity index (χ4v) is 2.92. The SMILES string of the molecule is CCCCCCCCC(CCNCCN)C(OC)(OC)OC. The van der Waals surface area contributed by atoms with E-state index in [1.165, 1.54) is 38.5 Å². The van der Waals surface area contributed by atoms with Crippen LogP contribution in [-0.2, 0) is 14.2 Å². The van der Waals surface area contributed by atoms with Gasteiger partial charge in [-0.25, -0.2) is 0 Å². The van der Waals surface area contributed by atoms with E-state index < -0.39 is 5.97 Å². The normalized spacial score (nSPS) is 13.5. The minimum atomic E-state index is -0.937. The molecule has 0 aliphatic heterocycles. The van der Waals surface area contributed by atoms with Crippen molar-refractivity contribution in [1.29, 1.82) is 0 Å². The average molecular weight is 319 g/mol. The molecule has 0 aromatic carbocycles. The van der Waals surface area contributed by atoms with Gasteiger partial charge in [-0.1, -0.05) is 45.4 Å². The van der Waals surface area contributed by atoms with Crippen molar-refractivity contribution in [3.8, 4) is 0 Å². The van der Waals surface area contributed by atoms with Gasteiger partial charge in [-0.15, -0.1) is 0 Å². The Morgan fingerprint density at radius 1 is 0.864 bits per heavy atom. The monoisotopic (exact) mass is 318 g/mol. The number of rotatable bonds is 16. The summed E-state index contributed by atoms with van der Waals surface area (Å²) in [5.41, 5.74) is 5.51. The lowest BCUT2D eigenvalue weighted by atomic mass is 9.94. The number of methoxy groups -OCH3 is 3. The van der Waals surface area contributed by atoms with Crippen LogP contribution >= 0.6 is 0 Å². The van der Waals surface area contributed by atoms with Crippen LogP contribution < -0.4 is 11.1 Å². The second-order valence-electron chi connectivity index (χ2n) is 5.80. The van der Waals surface area contributed by atoms with Gasteiger partial charge in [0, 0.05) is 40.3 Å². The highest BCUT2D eigenvalue weighted by Crippen LogP contribution is 2.31. The molecule has 3 N–H and O–H groups in total. The van der Waals surface area contributed by atoms with Crippen molar-refractivity contribution >= 4 is 0 Å². The van der Waals surface area contributed by atoms with Crippen molar-refractivity contribution in [1.82, 2.24) is 5.32 Å². The fourth-order valence-electron chi connectivity index (χ4n) is 2.92. The van der Waals surface area contributed by atoms with Crippen molar-refractivity contribution in [3.63, 3.8) is 0 Å². The van der Waals surface area contributed by atoms with Gasteiger partial charge in [0.2, 0.25) is 0 Å². The van der Waals surface area contributed by atoms with Gasteiger partial charge in [-0.3, -0.25) is 0 Å². The molecule has 22 heavy (non-hydrogen) atoms. The molecule has 1 atom stereocenters. The second-order valence-corrected chi connectivity index (χ2v) is 5.80. The summed E-state index contributed by atoms with van der Waals surface area (Å²) in [6.07, 6.45) is 9.72. The molecule has 0 saturated carbocycles. The molecule has 0 amide bonds. The van der Waals surface area contributed by atoms with E-state index in [1.54, 1.807) is 21.3 Å². The van der Waals surface area contributed by atoms with Gasteiger partial charge in [0.25, 0.3) is 5.97 Å². The average Bonchev–Trinajstić information content (AvgIpc) is 2.55. The van der Waals surface area contributed by atoms with Crippen LogP contribution in [0.5, 0.6) is 0 Å². The first-order chi connectivity index (χ1) is 10.7. The van der Waals surface area contributed by atoms with E-state index in [2.05, 4.69) is 12.2 Å². The zero-order valence-electron chi connectivity index (χ0n) is 15.2. The van der Waals surface area contributed by atoms with Crippen molar-refractivity contribution < 1.29 is 14.2 Å². The van der Waals surface area contributed by atoms with E-state index in [-0.39, 0.29) is 5.92 Å². The Kier molecular flexibility index (Phi) is 14.3. The van der Waals surface area contributed by atoms with Crippen LogP contribution in [0, 0.1) is 5.92 Å². The summed E-state index contributed by atoms with van der Waals surface area (Å²) in [6, 6.07) is 0. The molecule has 5 heteroatoms. The number of ether oxygens (including phenoxy) is 3. The number of hydrogen-bond acceptors (Lipinski definition) is 5. The molecule has 0 aliphatic rings. The van der Waals surface area contributed by atoms with Crippen molar-refractivity contribution in [2.24, 2.45) is 11.7 Å². The Bertz CT molecular complexity index is 228. The first-order valence-electron chi connectivity index (χ1n) is 8.76. The lowest BCUT2D eigenvalue weighted by Gasteiger charge is -2.36. The van der Waals surface area contributed by atoms with E-state index >= 15 is 0 Å². The van der Waals surface area contributed by atoms with E-state index in [4.69, 9.17) is 19.9 Å². The van der Waals surface area contributed by atoms with Crippen LogP contribution in [0.4, 0.5) is 0 Å². The molecule has 0 fully saturated rings. The van der Waals surface area contributed by atoms with Gasteiger partial charge >= 0.3 is 0 Å². The quantitative estimate of drug-likeness (QED) is 0.338.